The molecule has 0 aromatic carbocycles. The van der Waals surface area contributed by atoms with E-state index in [1.165, 1.54) is 24.7 Å². The van der Waals surface area contributed by atoms with Gasteiger partial charge in [0, 0.05) is 11.6 Å². The van der Waals surface area contributed by atoms with E-state index >= 15 is 0 Å². The summed E-state index contributed by atoms with van der Waals surface area (Å²) in [6.07, 6.45) is -2.20. The first-order valence-electron chi connectivity index (χ1n) is 8.91. The average Bonchev–Trinajstić information content (AvgIpc) is 3.00. The summed E-state index contributed by atoms with van der Waals surface area (Å²) in [6.45, 7) is 7.38. The van der Waals surface area contributed by atoms with Gasteiger partial charge in [-0.3, -0.25) is 15.0 Å². The van der Waals surface area contributed by atoms with Crippen molar-refractivity contribution in [3.05, 3.63) is 42.0 Å². The number of carbonyl (C=O) groups excluding carboxylic acids is 1. The van der Waals surface area contributed by atoms with E-state index in [0.29, 0.717) is 16.9 Å². The minimum atomic E-state index is -4.38. The highest BCUT2D eigenvalue weighted by molar-refractivity contribution is 5.84. The van der Waals surface area contributed by atoms with Crippen molar-refractivity contribution in [3.8, 4) is 0 Å². The van der Waals surface area contributed by atoms with Crippen molar-refractivity contribution < 1.29 is 27.8 Å². The van der Waals surface area contributed by atoms with Gasteiger partial charge in [-0.15, -0.1) is 0 Å². The molecule has 2 aromatic heterocycles. The number of amides is 1. The number of aliphatic hydroxyl groups is 1. The number of nitrogens with one attached hydrogen (secondary N) is 1. The highest BCUT2D eigenvalue weighted by Crippen LogP contribution is 2.36. The number of pyridine rings is 1. The molecule has 160 valence electrons. The van der Waals surface area contributed by atoms with Gasteiger partial charge < -0.3 is 9.84 Å². The molecule has 7 nitrogen and oxygen atoms in total. The summed E-state index contributed by atoms with van der Waals surface area (Å²) in [5, 5.41) is 17.0. The maximum atomic E-state index is 12.5. The van der Waals surface area contributed by atoms with Crippen LogP contribution in [0.3, 0.4) is 0 Å². The number of rotatable bonds is 5. The molecule has 0 spiro atoms. The molecule has 1 atom stereocenters. The quantitative estimate of drug-likeness (QED) is 0.766. The third kappa shape index (κ3) is 6.45. The number of ether oxygens (including phenoxy) is 1. The van der Waals surface area contributed by atoms with E-state index in [4.69, 9.17) is 4.74 Å². The van der Waals surface area contributed by atoms with Crippen LogP contribution in [0, 0.1) is 0 Å². The number of carbonyl (C=O) groups is 1. The van der Waals surface area contributed by atoms with E-state index in [-0.39, 0.29) is 0 Å². The molecule has 2 heterocycles. The van der Waals surface area contributed by atoms with Gasteiger partial charge in [0.2, 0.25) is 0 Å². The molecule has 0 bridgehead atoms. The van der Waals surface area contributed by atoms with E-state index in [9.17, 15) is 23.1 Å². The molecule has 2 N–H and O–H groups in total. The Labute approximate surface area is 166 Å². The molecule has 10 heteroatoms. The number of halogens is 3. The van der Waals surface area contributed by atoms with Gasteiger partial charge in [0.15, 0.2) is 0 Å². The fourth-order valence-corrected chi connectivity index (χ4v) is 2.56. The predicted octanol–water partition coefficient (Wildman–Crippen LogP) is 4.20. The Morgan fingerprint density at radius 1 is 1.21 bits per heavy atom. The van der Waals surface area contributed by atoms with Crippen LogP contribution in [-0.4, -0.2) is 37.7 Å². The van der Waals surface area contributed by atoms with Gasteiger partial charge in [0.25, 0.3) is 0 Å². The van der Waals surface area contributed by atoms with Crippen LogP contribution in [0.4, 0.5) is 23.7 Å². The van der Waals surface area contributed by atoms with Crippen LogP contribution < -0.4 is 5.32 Å². The summed E-state index contributed by atoms with van der Waals surface area (Å²) in [4.78, 5) is 16.0. The van der Waals surface area contributed by atoms with E-state index < -0.39 is 35.9 Å². The zero-order valence-electron chi connectivity index (χ0n) is 16.9. The minimum absolute atomic E-state index is 0.299. The molecule has 29 heavy (non-hydrogen) atoms. The van der Waals surface area contributed by atoms with Gasteiger partial charge >= 0.3 is 12.3 Å². The Balaban J connectivity index is 2.10. The standard InChI is InChI=1S/C19H25F3N4O3/c1-17(2,3)29-16(28)25-13-6-7-14(23-9-13)15(27)18(4,5)12-8-24-26(10-12)11-19(20,21)22/h6-10,15,27H,11H2,1-5H3,(H,25,28). The van der Waals surface area contributed by atoms with Crippen LogP contribution in [0.2, 0.25) is 0 Å². The lowest BCUT2D eigenvalue weighted by Crippen LogP contribution is -2.28. The number of hydrogen-bond acceptors (Lipinski definition) is 5. The van der Waals surface area contributed by atoms with Crippen molar-refractivity contribution in [3.63, 3.8) is 0 Å². The van der Waals surface area contributed by atoms with Crippen LogP contribution in [0.15, 0.2) is 30.7 Å². The first-order valence-corrected chi connectivity index (χ1v) is 8.91. The number of anilines is 1. The molecular formula is C19H25F3N4O3. The number of hydrogen-bond donors (Lipinski definition) is 2. The lowest BCUT2D eigenvalue weighted by atomic mass is 9.79. The summed E-state index contributed by atoms with van der Waals surface area (Å²) in [6, 6.07) is 3.08. The molecule has 0 fully saturated rings. The van der Waals surface area contributed by atoms with Crippen molar-refractivity contribution in [2.75, 3.05) is 5.32 Å². The van der Waals surface area contributed by atoms with E-state index in [0.717, 1.165) is 4.68 Å². The number of aliphatic hydroxyl groups excluding tert-OH is 1. The van der Waals surface area contributed by atoms with Crippen molar-refractivity contribution >= 4 is 11.8 Å². The molecular weight excluding hydrogens is 389 g/mol. The third-order valence-corrected chi connectivity index (χ3v) is 4.11. The first kappa shape index (κ1) is 22.7. The minimum Gasteiger partial charge on any atom is -0.444 e. The van der Waals surface area contributed by atoms with Crippen molar-refractivity contribution in [2.24, 2.45) is 0 Å². The maximum Gasteiger partial charge on any atom is 0.412 e. The highest BCUT2D eigenvalue weighted by atomic mass is 19.4. The van der Waals surface area contributed by atoms with Crippen LogP contribution in [-0.2, 0) is 16.7 Å². The molecule has 0 saturated carbocycles. The Bertz CT molecular complexity index is 840. The number of alkyl halides is 3. The Hall–Kier alpha value is -2.62. The van der Waals surface area contributed by atoms with Gasteiger partial charge in [-0.2, -0.15) is 18.3 Å². The van der Waals surface area contributed by atoms with E-state index in [1.807, 2.05) is 0 Å². The number of aromatic nitrogens is 3. The van der Waals surface area contributed by atoms with Gasteiger partial charge in [-0.1, -0.05) is 13.8 Å². The van der Waals surface area contributed by atoms with Crippen LogP contribution >= 0.6 is 0 Å². The second-order valence-electron chi connectivity index (χ2n) is 8.26. The molecule has 2 rings (SSSR count). The normalized spacial score (nSPS) is 13.8. The SMILES string of the molecule is CC(C)(C)OC(=O)Nc1ccc(C(O)C(C)(C)c2cnn(CC(F)(F)F)c2)nc1. The third-order valence-electron chi connectivity index (χ3n) is 4.11. The van der Waals surface area contributed by atoms with Crippen molar-refractivity contribution in [1.29, 1.82) is 0 Å². The summed E-state index contributed by atoms with van der Waals surface area (Å²) >= 11 is 0. The summed E-state index contributed by atoms with van der Waals surface area (Å²) in [7, 11) is 0. The molecule has 0 aliphatic heterocycles. The second-order valence-corrected chi connectivity index (χ2v) is 8.26. The molecule has 1 amide bonds. The molecule has 0 aliphatic carbocycles. The first-order chi connectivity index (χ1) is 13.2. The number of nitrogens with zero attached hydrogens (tertiary/aromatic N) is 3. The Kier molecular flexibility index (Phi) is 6.27. The predicted molar refractivity (Wildman–Crippen MR) is 100 cm³/mol. The fourth-order valence-electron chi connectivity index (χ4n) is 2.56. The molecule has 0 radical (unpaired) electrons. The van der Waals surface area contributed by atoms with E-state index in [2.05, 4.69) is 15.4 Å². The Morgan fingerprint density at radius 2 is 1.86 bits per heavy atom. The fraction of sp³-hybridized carbons (Fsp3) is 0.526. The van der Waals surface area contributed by atoms with Crippen LogP contribution in [0.1, 0.15) is 52.0 Å². The van der Waals surface area contributed by atoms with Gasteiger partial charge in [-0.25, -0.2) is 4.79 Å². The zero-order chi connectivity index (χ0) is 22.0. The van der Waals surface area contributed by atoms with E-state index in [1.54, 1.807) is 40.7 Å². The maximum absolute atomic E-state index is 12.5. The summed E-state index contributed by atoms with van der Waals surface area (Å²) in [5.74, 6) is 0. The lowest BCUT2D eigenvalue weighted by molar-refractivity contribution is -0.142. The van der Waals surface area contributed by atoms with Crippen molar-refractivity contribution in [2.45, 2.75) is 64.5 Å². The Morgan fingerprint density at radius 3 is 2.38 bits per heavy atom. The van der Waals surface area contributed by atoms with Crippen molar-refractivity contribution in [1.82, 2.24) is 14.8 Å². The van der Waals surface area contributed by atoms with Gasteiger partial charge in [-0.05, 0) is 38.5 Å². The molecule has 0 aliphatic rings. The molecule has 0 saturated heterocycles. The summed E-state index contributed by atoms with van der Waals surface area (Å²) in [5.41, 5.74) is -0.475. The average molecular weight is 414 g/mol. The van der Waals surface area contributed by atoms with Gasteiger partial charge in [0.1, 0.15) is 18.2 Å². The monoisotopic (exact) mass is 414 g/mol. The summed E-state index contributed by atoms with van der Waals surface area (Å²) < 4.78 is 43.5. The molecule has 1 unspecified atom stereocenters. The van der Waals surface area contributed by atoms with Gasteiger partial charge in [0.05, 0.1) is 23.8 Å². The van der Waals surface area contributed by atoms with Crippen LogP contribution in [0.5, 0.6) is 0 Å². The zero-order valence-corrected chi connectivity index (χ0v) is 16.9. The second kappa shape index (κ2) is 8.02. The lowest BCUT2D eigenvalue weighted by Gasteiger charge is -2.29. The highest BCUT2D eigenvalue weighted by Gasteiger charge is 2.35. The largest absolute Gasteiger partial charge is 0.444 e. The topological polar surface area (TPSA) is 89.3 Å². The molecule has 2 aromatic rings. The van der Waals surface area contributed by atoms with Crippen LogP contribution in [0.25, 0.3) is 0 Å². The smallest absolute Gasteiger partial charge is 0.412 e.